The Labute approximate surface area is 133 Å². The van der Waals surface area contributed by atoms with E-state index < -0.39 is 0 Å². The summed E-state index contributed by atoms with van der Waals surface area (Å²) < 4.78 is 20.4. The van der Waals surface area contributed by atoms with Gasteiger partial charge in [0.2, 0.25) is 0 Å². The summed E-state index contributed by atoms with van der Waals surface area (Å²) in [5.74, 6) is 0.00113. The largest absolute Gasteiger partial charge is 0.494 e. The van der Waals surface area contributed by atoms with Crippen LogP contribution in [0, 0.1) is 12.7 Å². The molecule has 1 N–H and O–H groups in total. The molecule has 0 spiro atoms. The number of hydrogen-bond donors (Lipinski definition) is 1. The molecule has 0 aliphatic rings. The second-order valence-electron chi connectivity index (χ2n) is 4.98. The van der Waals surface area contributed by atoms with Crippen molar-refractivity contribution in [2.75, 3.05) is 14.2 Å². The third-order valence-corrected chi connectivity index (χ3v) is 4.15. The van der Waals surface area contributed by atoms with Crippen molar-refractivity contribution in [2.45, 2.75) is 19.4 Å². The third-order valence-electron chi connectivity index (χ3n) is 3.65. The Bertz CT molecular complexity index is 630. The number of methoxy groups -OCH3 is 1. The standard InChI is InChI=1S/C17H19BrFNO/c1-11-7-8-13(18)10-14(11)15(20-2)9-12-5-4-6-16(21-3)17(12)19/h4-8,10,15,20H,9H2,1-3H3. The number of nitrogens with one attached hydrogen (secondary N) is 1. The first kappa shape index (κ1) is 16.0. The number of rotatable bonds is 5. The van der Waals surface area contributed by atoms with Crippen LogP contribution >= 0.6 is 15.9 Å². The first-order valence-electron chi connectivity index (χ1n) is 6.81. The maximum atomic E-state index is 14.3. The maximum Gasteiger partial charge on any atom is 0.168 e. The molecule has 0 fully saturated rings. The van der Waals surface area contributed by atoms with Crippen LogP contribution in [0.5, 0.6) is 5.75 Å². The van der Waals surface area contributed by atoms with Crippen LogP contribution in [0.25, 0.3) is 0 Å². The van der Waals surface area contributed by atoms with Crippen LogP contribution < -0.4 is 10.1 Å². The highest BCUT2D eigenvalue weighted by Crippen LogP contribution is 2.28. The van der Waals surface area contributed by atoms with Gasteiger partial charge in [0.05, 0.1) is 7.11 Å². The van der Waals surface area contributed by atoms with Crippen molar-refractivity contribution in [1.29, 1.82) is 0 Å². The predicted octanol–water partition coefficient (Wildman–Crippen LogP) is 4.41. The van der Waals surface area contributed by atoms with E-state index in [1.54, 1.807) is 12.1 Å². The Balaban J connectivity index is 2.33. The number of likely N-dealkylation sites (N-methyl/N-ethyl adjacent to an activating group) is 1. The second kappa shape index (κ2) is 7.05. The highest BCUT2D eigenvalue weighted by Gasteiger charge is 2.17. The summed E-state index contributed by atoms with van der Waals surface area (Å²) in [6.07, 6.45) is 0.566. The Hall–Kier alpha value is -1.39. The van der Waals surface area contributed by atoms with E-state index in [2.05, 4.69) is 40.3 Å². The SMILES string of the molecule is CNC(Cc1cccc(OC)c1F)c1cc(Br)ccc1C. The monoisotopic (exact) mass is 351 g/mol. The summed E-state index contributed by atoms with van der Waals surface area (Å²) in [4.78, 5) is 0. The average Bonchev–Trinajstić information content (AvgIpc) is 2.49. The lowest BCUT2D eigenvalue weighted by Crippen LogP contribution is -2.20. The van der Waals surface area contributed by atoms with Gasteiger partial charge in [-0.05, 0) is 55.3 Å². The first-order chi connectivity index (χ1) is 10.1. The molecule has 0 bridgehead atoms. The van der Waals surface area contributed by atoms with Gasteiger partial charge < -0.3 is 10.1 Å². The highest BCUT2D eigenvalue weighted by molar-refractivity contribution is 9.10. The zero-order valence-electron chi connectivity index (χ0n) is 12.4. The summed E-state index contributed by atoms with van der Waals surface area (Å²) >= 11 is 3.49. The molecule has 0 aromatic heterocycles. The molecular formula is C17H19BrFNO. The lowest BCUT2D eigenvalue weighted by Gasteiger charge is -2.20. The summed E-state index contributed by atoms with van der Waals surface area (Å²) in [6.45, 7) is 2.06. The molecule has 2 nitrogen and oxygen atoms in total. The van der Waals surface area contributed by atoms with Crippen LogP contribution in [-0.2, 0) is 6.42 Å². The smallest absolute Gasteiger partial charge is 0.168 e. The fraction of sp³-hybridized carbons (Fsp3) is 0.294. The van der Waals surface area contributed by atoms with Crippen molar-refractivity contribution in [3.8, 4) is 5.75 Å². The van der Waals surface area contributed by atoms with Crippen LogP contribution in [0.15, 0.2) is 40.9 Å². The van der Waals surface area contributed by atoms with Crippen molar-refractivity contribution >= 4 is 15.9 Å². The minimum Gasteiger partial charge on any atom is -0.494 e. The molecule has 2 rings (SSSR count). The molecule has 4 heteroatoms. The van der Waals surface area contributed by atoms with Gasteiger partial charge in [-0.2, -0.15) is 0 Å². The normalized spacial score (nSPS) is 12.2. The van der Waals surface area contributed by atoms with Crippen molar-refractivity contribution in [3.05, 3.63) is 63.4 Å². The first-order valence-corrected chi connectivity index (χ1v) is 7.60. The molecule has 1 atom stereocenters. The molecule has 2 aromatic carbocycles. The Morgan fingerprint density at radius 2 is 2.05 bits per heavy atom. The van der Waals surface area contributed by atoms with Crippen LogP contribution in [0.1, 0.15) is 22.7 Å². The number of benzene rings is 2. The minimum atomic E-state index is -0.284. The van der Waals surface area contributed by atoms with Crippen molar-refractivity contribution in [3.63, 3.8) is 0 Å². The number of halogens is 2. The van der Waals surface area contributed by atoms with E-state index >= 15 is 0 Å². The summed E-state index contributed by atoms with van der Waals surface area (Å²) in [6, 6.07) is 11.5. The zero-order chi connectivity index (χ0) is 15.4. The maximum absolute atomic E-state index is 14.3. The van der Waals surface area contributed by atoms with Gasteiger partial charge in [0.25, 0.3) is 0 Å². The van der Waals surface area contributed by atoms with Gasteiger partial charge in [-0.15, -0.1) is 0 Å². The second-order valence-corrected chi connectivity index (χ2v) is 5.90. The van der Waals surface area contributed by atoms with Crippen molar-refractivity contribution < 1.29 is 9.13 Å². The fourth-order valence-electron chi connectivity index (χ4n) is 2.45. The van der Waals surface area contributed by atoms with E-state index in [0.29, 0.717) is 12.0 Å². The van der Waals surface area contributed by atoms with Gasteiger partial charge in [-0.25, -0.2) is 4.39 Å². The predicted molar refractivity (Wildman–Crippen MR) is 87.3 cm³/mol. The molecule has 0 amide bonds. The summed E-state index contributed by atoms with van der Waals surface area (Å²) in [7, 11) is 3.37. The zero-order valence-corrected chi connectivity index (χ0v) is 14.0. The minimum absolute atomic E-state index is 0.0455. The molecule has 0 saturated carbocycles. The van der Waals surface area contributed by atoms with Crippen LogP contribution in [0.3, 0.4) is 0 Å². The van der Waals surface area contributed by atoms with Gasteiger partial charge in [0, 0.05) is 10.5 Å². The summed E-state index contributed by atoms with van der Waals surface area (Å²) in [5, 5.41) is 3.27. The molecule has 0 radical (unpaired) electrons. The quantitative estimate of drug-likeness (QED) is 0.861. The van der Waals surface area contributed by atoms with Crippen LogP contribution in [0.2, 0.25) is 0 Å². The Morgan fingerprint density at radius 3 is 2.71 bits per heavy atom. The van der Waals surface area contributed by atoms with Gasteiger partial charge in [-0.3, -0.25) is 0 Å². The lowest BCUT2D eigenvalue weighted by atomic mass is 9.95. The number of hydrogen-bond acceptors (Lipinski definition) is 2. The molecular weight excluding hydrogens is 333 g/mol. The van der Waals surface area contributed by atoms with Crippen LogP contribution in [0.4, 0.5) is 4.39 Å². The fourth-order valence-corrected chi connectivity index (χ4v) is 2.82. The molecule has 2 aromatic rings. The third kappa shape index (κ3) is 3.63. The molecule has 0 aliphatic carbocycles. The van der Waals surface area contributed by atoms with Gasteiger partial charge >= 0.3 is 0 Å². The van der Waals surface area contributed by atoms with E-state index in [1.165, 1.54) is 12.7 Å². The topological polar surface area (TPSA) is 21.3 Å². The van der Waals surface area contributed by atoms with Crippen LogP contribution in [-0.4, -0.2) is 14.2 Å². The molecule has 21 heavy (non-hydrogen) atoms. The van der Waals surface area contributed by atoms with Gasteiger partial charge in [0.15, 0.2) is 11.6 Å². The molecule has 112 valence electrons. The Morgan fingerprint density at radius 1 is 1.29 bits per heavy atom. The van der Waals surface area contributed by atoms with E-state index in [9.17, 15) is 4.39 Å². The number of ether oxygens (including phenoxy) is 1. The van der Waals surface area contributed by atoms with Gasteiger partial charge in [0.1, 0.15) is 0 Å². The van der Waals surface area contributed by atoms with Gasteiger partial charge in [-0.1, -0.05) is 34.1 Å². The number of aryl methyl sites for hydroxylation is 1. The van der Waals surface area contributed by atoms with E-state index in [4.69, 9.17) is 4.74 Å². The van der Waals surface area contributed by atoms with Crippen molar-refractivity contribution in [2.24, 2.45) is 0 Å². The average molecular weight is 352 g/mol. The molecule has 0 aliphatic heterocycles. The van der Waals surface area contributed by atoms with E-state index in [0.717, 1.165) is 10.0 Å². The Kier molecular flexibility index (Phi) is 5.37. The molecule has 1 unspecified atom stereocenters. The lowest BCUT2D eigenvalue weighted by molar-refractivity contribution is 0.383. The molecule has 0 saturated heterocycles. The van der Waals surface area contributed by atoms with E-state index in [-0.39, 0.29) is 17.6 Å². The highest BCUT2D eigenvalue weighted by atomic mass is 79.9. The molecule has 0 heterocycles. The summed E-state index contributed by atoms with van der Waals surface area (Å²) in [5.41, 5.74) is 2.99. The van der Waals surface area contributed by atoms with Crippen molar-refractivity contribution in [1.82, 2.24) is 5.32 Å². The van der Waals surface area contributed by atoms with E-state index in [1.807, 2.05) is 19.2 Å².